The Morgan fingerprint density at radius 1 is 1.19 bits per heavy atom. The van der Waals surface area contributed by atoms with E-state index >= 15 is 0 Å². The van der Waals surface area contributed by atoms with Crippen LogP contribution in [0.3, 0.4) is 0 Å². The van der Waals surface area contributed by atoms with Gasteiger partial charge < -0.3 is 18.8 Å². The van der Waals surface area contributed by atoms with E-state index in [4.69, 9.17) is 14.2 Å². The standard InChI is InChI=1S/C21H27NO4/c1-15-13-20(23)22(19-14-17(24-2)3-4-18(15)19)10-7-16-5-8-21(9-6-16)25-11-12-26-21/h3-4,13-14,16H,5-12H2,1-2H3. The summed E-state index contributed by atoms with van der Waals surface area (Å²) in [5.41, 5.74) is 2.04. The van der Waals surface area contributed by atoms with Crippen LogP contribution >= 0.6 is 0 Å². The zero-order valence-corrected chi connectivity index (χ0v) is 15.6. The average Bonchev–Trinajstić information content (AvgIpc) is 3.10. The number of pyridine rings is 1. The van der Waals surface area contributed by atoms with Gasteiger partial charge in [-0.05, 0) is 49.8 Å². The summed E-state index contributed by atoms with van der Waals surface area (Å²) in [5, 5.41) is 1.11. The second-order valence-electron chi connectivity index (χ2n) is 7.54. The van der Waals surface area contributed by atoms with Crippen molar-refractivity contribution in [1.29, 1.82) is 0 Å². The molecule has 2 heterocycles. The highest BCUT2D eigenvalue weighted by Crippen LogP contribution is 2.39. The van der Waals surface area contributed by atoms with E-state index in [0.717, 1.165) is 74.1 Å². The van der Waals surface area contributed by atoms with E-state index in [2.05, 4.69) is 0 Å². The topological polar surface area (TPSA) is 49.7 Å². The molecule has 1 saturated heterocycles. The zero-order chi connectivity index (χ0) is 18.1. The Morgan fingerprint density at radius 2 is 1.92 bits per heavy atom. The molecule has 2 aromatic rings. The lowest BCUT2D eigenvalue weighted by Gasteiger charge is -2.35. The molecule has 1 saturated carbocycles. The molecule has 1 aliphatic heterocycles. The SMILES string of the molecule is COc1ccc2c(C)cc(=O)n(CCC3CCC4(CC3)OCCO4)c2c1. The second kappa shape index (κ2) is 7.05. The van der Waals surface area contributed by atoms with Crippen LogP contribution in [0.4, 0.5) is 0 Å². The first kappa shape index (κ1) is 17.6. The summed E-state index contributed by atoms with van der Waals surface area (Å²) in [6.45, 7) is 4.17. The van der Waals surface area contributed by atoms with Crippen LogP contribution in [0.15, 0.2) is 29.1 Å². The van der Waals surface area contributed by atoms with Crippen molar-refractivity contribution < 1.29 is 14.2 Å². The van der Waals surface area contributed by atoms with Crippen molar-refractivity contribution in [1.82, 2.24) is 4.57 Å². The highest BCUT2D eigenvalue weighted by atomic mass is 16.7. The molecule has 0 radical (unpaired) electrons. The van der Waals surface area contributed by atoms with Crippen molar-refractivity contribution in [2.45, 2.75) is 51.4 Å². The molecular weight excluding hydrogens is 330 g/mol. The first-order valence-corrected chi connectivity index (χ1v) is 9.56. The third-order valence-electron chi connectivity index (χ3n) is 5.97. The first-order valence-electron chi connectivity index (χ1n) is 9.56. The van der Waals surface area contributed by atoms with Gasteiger partial charge >= 0.3 is 0 Å². The molecule has 0 N–H and O–H groups in total. The van der Waals surface area contributed by atoms with Crippen LogP contribution in [0.5, 0.6) is 5.75 Å². The molecule has 2 fully saturated rings. The lowest BCUT2D eigenvalue weighted by atomic mass is 9.83. The van der Waals surface area contributed by atoms with Crippen molar-refractivity contribution in [3.05, 3.63) is 40.2 Å². The van der Waals surface area contributed by atoms with Crippen molar-refractivity contribution in [2.24, 2.45) is 5.92 Å². The molecule has 0 amide bonds. The van der Waals surface area contributed by atoms with E-state index < -0.39 is 0 Å². The number of rotatable bonds is 4. The summed E-state index contributed by atoms with van der Waals surface area (Å²) in [4.78, 5) is 12.6. The smallest absolute Gasteiger partial charge is 0.251 e. The van der Waals surface area contributed by atoms with Crippen LogP contribution in [0.1, 0.15) is 37.7 Å². The molecule has 2 aliphatic rings. The number of hydrogen-bond donors (Lipinski definition) is 0. The summed E-state index contributed by atoms with van der Waals surface area (Å²) in [5.74, 6) is 1.09. The van der Waals surface area contributed by atoms with Gasteiger partial charge in [-0.1, -0.05) is 0 Å². The van der Waals surface area contributed by atoms with Crippen LogP contribution in [-0.4, -0.2) is 30.7 Å². The number of benzene rings is 1. The summed E-state index contributed by atoms with van der Waals surface area (Å²) >= 11 is 0. The van der Waals surface area contributed by atoms with Gasteiger partial charge in [0.25, 0.3) is 5.56 Å². The number of nitrogens with zero attached hydrogens (tertiary/aromatic N) is 1. The minimum absolute atomic E-state index is 0.0676. The van der Waals surface area contributed by atoms with Gasteiger partial charge in [-0.2, -0.15) is 0 Å². The molecule has 1 aliphatic carbocycles. The van der Waals surface area contributed by atoms with Crippen molar-refractivity contribution in [2.75, 3.05) is 20.3 Å². The predicted octanol–water partition coefficient (Wildman–Crippen LogP) is 3.64. The Hall–Kier alpha value is -1.85. The third kappa shape index (κ3) is 3.26. The van der Waals surface area contributed by atoms with E-state index in [9.17, 15) is 4.79 Å². The van der Waals surface area contributed by atoms with E-state index in [1.54, 1.807) is 13.2 Å². The van der Waals surface area contributed by atoms with E-state index in [-0.39, 0.29) is 11.3 Å². The minimum atomic E-state index is -0.308. The molecule has 5 heteroatoms. The molecule has 1 spiro atoms. The van der Waals surface area contributed by atoms with Gasteiger partial charge in [0.1, 0.15) is 5.75 Å². The Bertz CT molecular complexity index is 841. The Kier molecular flexibility index (Phi) is 4.76. The van der Waals surface area contributed by atoms with Gasteiger partial charge in [-0.15, -0.1) is 0 Å². The van der Waals surface area contributed by atoms with Crippen molar-refractivity contribution >= 4 is 10.9 Å². The summed E-state index contributed by atoms with van der Waals surface area (Å²) in [6, 6.07) is 7.70. The number of hydrogen-bond acceptors (Lipinski definition) is 4. The average molecular weight is 357 g/mol. The Labute approximate surface area is 153 Å². The number of aromatic nitrogens is 1. The van der Waals surface area contributed by atoms with Crippen LogP contribution in [0.25, 0.3) is 10.9 Å². The minimum Gasteiger partial charge on any atom is -0.497 e. The van der Waals surface area contributed by atoms with Gasteiger partial charge in [0.2, 0.25) is 0 Å². The Balaban J connectivity index is 1.51. The maximum Gasteiger partial charge on any atom is 0.251 e. The van der Waals surface area contributed by atoms with Gasteiger partial charge in [-0.25, -0.2) is 0 Å². The quantitative estimate of drug-likeness (QED) is 0.838. The van der Waals surface area contributed by atoms with Crippen molar-refractivity contribution in [3.8, 4) is 5.75 Å². The third-order valence-corrected chi connectivity index (χ3v) is 5.97. The molecular formula is C21H27NO4. The normalized spacial score (nSPS) is 20.1. The lowest BCUT2D eigenvalue weighted by Crippen LogP contribution is -2.35. The van der Waals surface area contributed by atoms with Gasteiger partial charge in [0, 0.05) is 36.9 Å². The highest BCUT2D eigenvalue weighted by Gasteiger charge is 2.40. The fraction of sp³-hybridized carbons (Fsp3) is 0.571. The molecule has 1 aromatic heterocycles. The van der Waals surface area contributed by atoms with E-state index in [1.165, 1.54) is 0 Å². The fourth-order valence-corrected chi connectivity index (χ4v) is 4.39. The molecule has 5 nitrogen and oxygen atoms in total. The summed E-state index contributed by atoms with van der Waals surface area (Å²) in [6.07, 6.45) is 5.14. The summed E-state index contributed by atoms with van der Waals surface area (Å²) < 4.78 is 18.9. The number of methoxy groups -OCH3 is 1. The highest BCUT2D eigenvalue weighted by molar-refractivity contribution is 5.83. The second-order valence-corrected chi connectivity index (χ2v) is 7.54. The monoisotopic (exact) mass is 357 g/mol. The summed E-state index contributed by atoms with van der Waals surface area (Å²) in [7, 11) is 1.66. The molecule has 4 rings (SSSR count). The lowest BCUT2D eigenvalue weighted by molar-refractivity contribution is -0.182. The molecule has 1 aromatic carbocycles. The molecule has 26 heavy (non-hydrogen) atoms. The maximum atomic E-state index is 12.6. The number of aryl methyl sites for hydroxylation is 2. The zero-order valence-electron chi connectivity index (χ0n) is 15.6. The number of ether oxygens (including phenoxy) is 3. The van der Waals surface area contributed by atoms with Gasteiger partial charge in [0.15, 0.2) is 5.79 Å². The molecule has 0 atom stereocenters. The number of fused-ring (bicyclic) bond motifs is 1. The van der Waals surface area contributed by atoms with Crippen LogP contribution in [-0.2, 0) is 16.0 Å². The van der Waals surface area contributed by atoms with E-state index in [0.29, 0.717) is 5.92 Å². The molecule has 140 valence electrons. The van der Waals surface area contributed by atoms with Gasteiger partial charge in [0.05, 0.1) is 25.8 Å². The maximum absolute atomic E-state index is 12.6. The Morgan fingerprint density at radius 3 is 2.62 bits per heavy atom. The molecule has 0 unspecified atom stereocenters. The largest absolute Gasteiger partial charge is 0.497 e. The van der Waals surface area contributed by atoms with Crippen LogP contribution in [0, 0.1) is 12.8 Å². The fourth-order valence-electron chi connectivity index (χ4n) is 4.39. The van der Waals surface area contributed by atoms with Crippen molar-refractivity contribution in [3.63, 3.8) is 0 Å². The van der Waals surface area contributed by atoms with Crippen LogP contribution in [0.2, 0.25) is 0 Å². The first-order chi connectivity index (χ1) is 12.6. The van der Waals surface area contributed by atoms with E-state index in [1.807, 2.05) is 29.7 Å². The van der Waals surface area contributed by atoms with Crippen LogP contribution < -0.4 is 10.3 Å². The molecule has 0 bridgehead atoms. The predicted molar refractivity (Wildman–Crippen MR) is 101 cm³/mol. The van der Waals surface area contributed by atoms with Gasteiger partial charge in [-0.3, -0.25) is 4.79 Å².